The maximum Gasteiger partial charge on any atom is 1.00 e. The van der Waals surface area contributed by atoms with Gasteiger partial charge in [0.15, 0.2) is 0 Å². The van der Waals surface area contributed by atoms with Crippen molar-refractivity contribution in [2.45, 2.75) is 0 Å². The SMILES string of the molecule is Nc1ccc2cc([B-](F)(F)F)cnc2c1.[K+]. The summed E-state index contributed by atoms with van der Waals surface area (Å²) in [4.78, 5) is 3.72. The van der Waals surface area contributed by atoms with E-state index in [1.807, 2.05) is 0 Å². The van der Waals surface area contributed by atoms with Gasteiger partial charge in [-0.2, -0.15) is 0 Å². The van der Waals surface area contributed by atoms with Crippen molar-refractivity contribution in [1.29, 1.82) is 0 Å². The van der Waals surface area contributed by atoms with Crippen LogP contribution in [0.25, 0.3) is 10.9 Å². The second kappa shape index (κ2) is 5.05. The third-order valence-electron chi connectivity index (χ3n) is 2.11. The maximum atomic E-state index is 12.4. The Morgan fingerprint density at radius 3 is 2.44 bits per heavy atom. The van der Waals surface area contributed by atoms with Crippen molar-refractivity contribution in [2.24, 2.45) is 0 Å². The minimum atomic E-state index is -4.99. The van der Waals surface area contributed by atoms with Crippen LogP contribution in [0.15, 0.2) is 30.5 Å². The Labute approximate surface area is 133 Å². The molecule has 0 saturated heterocycles. The fourth-order valence-electron chi connectivity index (χ4n) is 1.33. The van der Waals surface area contributed by atoms with E-state index in [9.17, 15) is 12.9 Å². The second-order valence-corrected chi connectivity index (χ2v) is 3.30. The zero-order valence-electron chi connectivity index (χ0n) is 8.62. The molecule has 0 atom stereocenters. The topological polar surface area (TPSA) is 38.9 Å². The molecule has 2 rings (SSSR count). The van der Waals surface area contributed by atoms with Crippen LogP contribution in [0.3, 0.4) is 0 Å². The largest absolute Gasteiger partial charge is 1.00 e. The molecule has 0 unspecified atom stereocenters. The van der Waals surface area contributed by atoms with Crippen LogP contribution in [-0.2, 0) is 0 Å². The third kappa shape index (κ3) is 2.98. The molecule has 78 valence electrons. The number of nitrogens with two attached hydrogens (primary N) is 1. The first-order chi connectivity index (χ1) is 6.97. The number of hydrogen-bond donors (Lipinski definition) is 1. The normalized spacial score (nSPS) is 11.2. The molecule has 0 aliphatic rings. The summed E-state index contributed by atoms with van der Waals surface area (Å²) < 4.78 is 37.2. The summed E-state index contributed by atoms with van der Waals surface area (Å²) in [5.41, 5.74) is 5.76. The second-order valence-electron chi connectivity index (χ2n) is 3.30. The summed E-state index contributed by atoms with van der Waals surface area (Å²) in [5.74, 6) is 0. The zero-order chi connectivity index (χ0) is 11.1. The Hall–Kier alpha value is -0.0787. The molecule has 1 aromatic heterocycles. The van der Waals surface area contributed by atoms with E-state index in [1.165, 1.54) is 6.07 Å². The zero-order valence-corrected chi connectivity index (χ0v) is 11.7. The van der Waals surface area contributed by atoms with E-state index in [2.05, 4.69) is 4.98 Å². The Morgan fingerprint density at radius 1 is 1.12 bits per heavy atom. The van der Waals surface area contributed by atoms with Gasteiger partial charge in [-0.05, 0) is 17.5 Å². The first kappa shape index (κ1) is 14.0. The number of nitrogens with zero attached hydrogens (tertiary/aromatic N) is 1. The van der Waals surface area contributed by atoms with Gasteiger partial charge in [0.2, 0.25) is 0 Å². The van der Waals surface area contributed by atoms with Crippen LogP contribution in [0, 0.1) is 0 Å². The maximum absolute atomic E-state index is 12.4. The van der Waals surface area contributed by atoms with Gasteiger partial charge in [-0.15, -0.1) is 0 Å². The van der Waals surface area contributed by atoms with E-state index in [-0.39, 0.29) is 51.4 Å². The molecular weight excluding hydrogens is 243 g/mol. The molecular formula is C9H7BF3KN2. The molecule has 1 heterocycles. The number of benzene rings is 1. The fraction of sp³-hybridized carbons (Fsp3) is 0. The molecule has 0 radical (unpaired) electrons. The van der Waals surface area contributed by atoms with Gasteiger partial charge in [0.1, 0.15) is 0 Å². The molecule has 0 amide bonds. The van der Waals surface area contributed by atoms with Crippen LogP contribution in [0.1, 0.15) is 0 Å². The molecule has 7 heteroatoms. The number of halogens is 3. The first-order valence-corrected chi connectivity index (χ1v) is 4.32. The average molecular weight is 250 g/mol. The fourth-order valence-corrected chi connectivity index (χ4v) is 1.33. The van der Waals surface area contributed by atoms with E-state index in [4.69, 9.17) is 5.73 Å². The van der Waals surface area contributed by atoms with E-state index in [0.717, 1.165) is 12.3 Å². The number of fused-ring (bicyclic) bond motifs is 1. The van der Waals surface area contributed by atoms with Gasteiger partial charge >= 0.3 is 58.4 Å². The molecule has 0 fully saturated rings. The average Bonchev–Trinajstić information content (AvgIpc) is 2.15. The van der Waals surface area contributed by atoms with E-state index >= 15 is 0 Å². The molecule has 0 spiro atoms. The summed E-state index contributed by atoms with van der Waals surface area (Å²) in [6.07, 6.45) is 0.835. The number of rotatable bonds is 1. The number of pyridine rings is 1. The minimum absolute atomic E-state index is 0. The van der Waals surface area contributed by atoms with Crippen molar-refractivity contribution in [3.63, 3.8) is 0 Å². The molecule has 2 N–H and O–H groups in total. The first-order valence-electron chi connectivity index (χ1n) is 4.32. The van der Waals surface area contributed by atoms with Crippen molar-refractivity contribution < 1.29 is 64.3 Å². The van der Waals surface area contributed by atoms with Crippen LogP contribution in [0.5, 0.6) is 0 Å². The van der Waals surface area contributed by atoms with Crippen LogP contribution in [0.2, 0.25) is 0 Å². The van der Waals surface area contributed by atoms with E-state index in [0.29, 0.717) is 16.6 Å². The predicted molar refractivity (Wildman–Crippen MR) is 54.9 cm³/mol. The monoisotopic (exact) mass is 250 g/mol. The molecule has 1 aromatic carbocycles. The van der Waals surface area contributed by atoms with Crippen molar-refractivity contribution >= 4 is 29.0 Å². The van der Waals surface area contributed by atoms with Gasteiger partial charge < -0.3 is 18.7 Å². The summed E-state index contributed by atoms with van der Waals surface area (Å²) in [5, 5.41) is 0.445. The van der Waals surface area contributed by atoms with Crippen LogP contribution in [-0.4, -0.2) is 12.0 Å². The van der Waals surface area contributed by atoms with Crippen molar-refractivity contribution in [3.8, 4) is 0 Å². The summed E-state index contributed by atoms with van der Waals surface area (Å²) in [6, 6.07) is 5.71. The summed E-state index contributed by atoms with van der Waals surface area (Å²) >= 11 is 0. The summed E-state index contributed by atoms with van der Waals surface area (Å²) in [7, 11) is 0. The van der Waals surface area contributed by atoms with Gasteiger partial charge in [-0.1, -0.05) is 17.6 Å². The Balaban J connectivity index is 0.00000128. The Morgan fingerprint density at radius 2 is 1.81 bits per heavy atom. The third-order valence-corrected chi connectivity index (χ3v) is 2.11. The minimum Gasteiger partial charge on any atom is -0.445 e. The molecule has 0 aliphatic carbocycles. The Kier molecular flexibility index (Phi) is 4.42. The quantitative estimate of drug-likeness (QED) is 0.514. The standard InChI is InChI=1S/C9H7BF3N2.K/c11-10(12,13)7-3-6-1-2-8(14)4-9(6)15-5-7;/h1-5H,14H2;/q-1;+1. The molecule has 2 nitrogen and oxygen atoms in total. The van der Waals surface area contributed by atoms with Gasteiger partial charge in [0.05, 0.1) is 5.52 Å². The van der Waals surface area contributed by atoms with Crippen molar-refractivity contribution in [1.82, 2.24) is 4.98 Å². The van der Waals surface area contributed by atoms with Crippen LogP contribution in [0.4, 0.5) is 18.6 Å². The van der Waals surface area contributed by atoms with Crippen molar-refractivity contribution in [2.75, 3.05) is 5.73 Å². The van der Waals surface area contributed by atoms with Gasteiger partial charge in [-0.25, -0.2) is 0 Å². The number of nitrogen functional groups attached to an aromatic ring is 1. The summed E-state index contributed by atoms with van der Waals surface area (Å²) in [6.45, 7) is -4.99. The molecule has 0 saturated carbocycles. The van der Waals surface area contributed by atoms with E-state index in [1.54, 1.807) is 12.1 Å². The Bertz CT molecular complexity index is 516. The number of hydrogen-bond acceptors (Lipinski definition) is 2. The van der Waals surface area contributed by atoms with Gasteiger partial charge in [-0.3, -0.25) is 4.98 Å². The molecule has 16 heavy (non-hydrogen) atoms. The smallest absolute Gasteiger partial charge is 0.445 e. The number of anilines is 1. The van der Waals surface area contributed by atoms with Crippen LogP contribution >= 0.6 is 0 Å². The van der Waals surface area contributed by atoms with Gasteiger partial charge in [0.25, 0.3) is 0 Å². The van der Waals surface area contributed by atoms with Crippen LogP contribution < -0.4 is 62.6 Å². The van der Waals surface area contributed by atoms with E-state index < -0.39 is 12.4 Å². The molecule has 0 bridgehead atoms. The molecule has 2 aromatic rings. The van der Waals surface area contributed by atoms with Crippen molar-refractivity contribution in [3.05, 3.63) is 30.5 Å². The number of aromatic nitrogens is 1. The molecule has 0 aliphatic heterocycles. The van der Waals surface area contributed by atoms with Gasteiger partial charge in [0, 0.05) is 11.9 Å². The predicted octanol–water partition coefficient (Wildman–Crippen LogP) is -1.12.